The number of carbonyl (C=O) groups excluding carboxylic acids is 1. The number of hydrogen-bond acceptors (Lipinski definition) is 5. The van der Waals surface area contributed by atoms with E-state index in [-0.39, 0.29) is 19.0 Å². The number of ether oxygens (including phenoxy) is 1. The summed E-state index contributed by atoms with van der Waals surface area (Å²) in [5.74, 6) is -1.96. The number of rotatable bonds is 5. The minimum Gasteiger partial charge on any atom is -0.465 e. The Balaban J connectivity index is 0.00000264. The van der Waals surface area contributed by atoms with Gasteiger partial charge in [-0.25, -0.2) is 22.3 Å². The van der Waals surface area contributed by atoms with Crippen LogP contribution in [0.3, 0.4) is 0 Å². The molecule has 0 atom stereocenters. The fourth-order valence-corrected chi connectivity index (χ4v) is 3.36. The van der Waals surface area contributed by atoms with E-state index < -0.39 is 32.3 Å². The van der Waals surface area contributed by atoms with Crippen LogP contribution in [0.2, 0.25) is 0 Å². The molecule has 1 heterocycles. The van der Waals surface area contributed by atoms with Gasteiger partial charge in [-0.3, -0.25) is 0 Å². The lowest BCUT2D eigenvalue weighted by molar-refractivity contribution is 0.0590. The Morgan fingerprint density at radius 3 is 2.78 bits per heavy atom. The molecule has 0 bridgehead atoms. The zero-order valence-electron chi connectivity index (χ0n) is 12.5. The fraction of sp³-hybridized carbons (Fsp3) is 0.357. The van der Waals surface area contributed by atoms with Crippen LogP contribution in [0.15, 0.2) is 34.7 Å². The molecule has 0 aromatic heterocycles. The molecule has 2 rings (SSSR count). The van der Waals surface area contributed by atoms with Gasteiger partial charge in [0.25, 0.3) is 0 Å². The van der Waals surface area contributed by atoms with E-state index in [1.54, 1.807) is 0 Å². The molecule has 0 unspecified atom stereocenters. The molecule has 1 aromatic rings. The zero-order chi connectivity index (χ0) is 16.2. The molecule has 128 valence electrons. The maximum atomic E-state index is 13.8. The highest BCUT2D eigenvalue weighted by Crippen LogP contribution is 2.20. The van der Waals surface area contributed by atoms with Crippen LogP contribution >= 0.6 is 12.4 Å². The summed E-state index contributed by atoms with van der Waals surface area (Å²) in [7, 11) is -2.95. The van der Waals surface area contributed by atoms with E-state index in [0.29, 0.717) is 6.54 Å². The lowest BCUT2D eigenvalue weighted by atomic mass is 10.1. The molecular formula is C14H18ClFN2O4S. The highest BCUT2D eigenvalue weighted by molar-refractivity contribution is 7.89. The molecule has 6 nitrogen and oxygen atoms in total. The normalized spacial score (nSPS) is 14.6. The smallest absolute Gasteiger partial charge is 0.342 e. The second-order valence-electron chi connectivity index (χ2n) is 4.75. The van der Waals surface area contributed by atoms with Gasteiger partial charge in [-0.05, 0) is 25.1 Å². The number of hydrogen-bond donors (Lipinski definition) is 2. The summed E-state index contributed by atoms with van der Waals surface area (Å²) >= 11 is 0. The molecule has 9 heteroatoms. The Labute approximate surface area is 140 Å². The number of nitrogens with one attached hydrogen (secondary N) is 2. The first-order valence-electron chi connectivity index (χ1n) is 6.71. The summed E-state index contributed by atoms with van der Waals surface area (Å²) in [6.45, 7) is 1.59. The van der Waals surface area contributed by atoms with Gasteiger partial charge in [-0.1, -0.05) is 17.7 Å². The van der Waals surface area contributed by atoms with E-state index in [2.05, 4.69) is 14.8 Å². The van der Waals surface area contributed by atoms with Crippen LogP contribution in [0, 0.1) is 5.82 Å². The van der Waals surface area contributed by atoms with Crippen molar-refractivity contribution in [2.75, 3.05) is 26.7 Å². The number of sulfonamides is 1. The summed E-state index contributed by atoms with van der Waals surface area (Å²) in [5.41, 5.74) is 0.357. The molecule has 2 N–H and O–H groups in total. The highest BCUT2D eigenvalue weighted by Gasteiger charge is 2.26. The molecule has 0 amide bonds. The highest BCUT2D eigenvalue weighted by atomic mass is 35.5. The van der Waals surface area contributed by atoms with Crippen molar-refractivity contribution in [2.45, 2.75) is 11.3 Å². The SMILES string of the molecule is COC(=O)c1c(F)cccc1S(=O)(=O)NCC1=CCNCC1.Cl. The molecule has 23 heavy (non-hydrogen) atoms. The van der Waals surface area contributed by atoms with Gasteiger partial charge in [0.05, 0.1) is 12.0 Å². The molecule has 1 aliphatic rings. The van der Waals surface area contributed by atoms with Crippen LogP contribution in [0.25, 0.3) is 0 Å². The molecule has 1 aliphatic heterocycles. The number of benzene rings is 1. The maximum absolute atomic E-state index is 13.8. The van der Waals surface area contributed by atoms with Crippen molar-refractivity contribution < 1.29 is 22.3 Å². The molecular weight excluding hydrogens is 347 g/mol. The Bertz CT molecular complexity index is 707. The van der Waals surface area contributed by atoms with Crippen LogP contribution in [-0.4, -0.2) is 41.1 Å². The van der Waals surface area contributed by atoms with Gasteiger partial charge in [0.1, 0.15) is 11.4 Å². The summed E-state index contributed by atoms with van der Waals surface area (Å²) in [4.78, 5) is 11.2. The largest absolute Gasteiger partial charge is 0.465 e. The van der Waals surface area contributed by atoms with Crippen molar-refractivity contribution in [1.82, 2.24) is 10.0 Å². The molecule has 0 spiro atoms. The van der Waals surface area contributed by atoms with Crippen molar-refractivity contribution in [1.29, 1.82) is 0 Å². The second-order valence-corrected chi connectivity index (χ2v) is 6.48. The third kappa shape index (κ3) is 4.74. The van der Waals surface area contributed by atoms with Gasteiger partial charge in [0, 0.05) is 13.1 Å². The fourth-order valence-electron chi connectivity index (χ4n) is 2.12. The van der Waals surface area contributed by atoms with Gasteiger partial charge in [0.2, 0.25) is 10.0 Å². The van der Waals surface area contributed by atoms with Crippen LogP contribution in [0.1, 0.15) is 16.8 Å². The number of carbonyl (C=O) groups is 1. The van der Waals surface area contributed by atoms with E-state index in [4.69, 9.17) is 0 Å². The lowest BCUT2D eigenvalue weighted by Crippen LogP contribution is -2.31. The summed E-state index contributed by atoms with van der Waals surface area (Å²) in [5, 5.41) is 3.12. The Kier molecular flexibility index (Phi) is 7.14. The van der Waals surface area contributed by atoms with Crippen molar-refractivity contribution in [3.63, 3.8) is 0 Å². The van der Waals surface area contributed by atoms with Crippen molar-refractivity contribution in [2.24, 2.45) is 0 Å². The van der Waals surface area contributed by atoms with Crippen molar-refractivity contribution >= 4 is 28.4 Å². The summed E-state index contributed by atoms with van der Waals surface area (Å²) in [6.07, 6.45) is 2.63. The molecule has 0 saturated carbocycles. The molecule has 1 aromatic carbocycles. The van der Waals surface area contributed by atoms with Gasteiger partial charge in [-0.2, -0.15) is 0 Å². The van der Waals surface area contributed by atoms with Gasteiger partial charge in [0.15, 0.2) is 0 Å². The molecule has 0 saturated heterocycles. The Morgan fingerprint density at radius 1 is 1.43 bits per heavy atom. The second kappa shape index (κ2) is 8.39. The summed E-state index contributed by atoms with van der Waals surface area (Å²) in [6, 6.07) is 3.43. The lowest BCUT2D eigenvalue weighted by Gasteiger charge is -2.15. The monoisotopic (exact) mass is 364 g/mol. The van der Waals surface area contributed by atoms with Crippen LogP contribution < -0.4 is 10.0 Å². The first-order valence-corrected chi connectivity index (χ1v) is 8.19. The summed E-state index contributed by atoms with van der Waals surface area (Å²) < 4.78 is 45.3. The third-order valence-electron chi connectivity index (χ3n) is 3.30. The van der Waals surface area contributed by atoms with Crippen LogP contribution in [0.4, 0.5) is 4.39 Å². The predicted molar refractivity (Wildman–Crippen MR) is 85.7 cm³/mol. The average molecular weight is 365 g/mol. The van der Waals surface area contributed by atoms with Crippen LogP contribution in [0.5, 0.6) is 0 Å². The topological polar surface area (TPSA) is 84.5 Å². The first-order chi connectivity index (χ1) is 10.5. The average Bonchev–Trinajstić information content (AvgIpc) is 2.53. The minimum atomic E-state index is -4.02. The van der Waals surface area contributed by atoms with Gasteiger partial charge >= 0.3 is 5.97 Å². The molecule has 0 aliphatic carbocycles. The molecule has 0 radical (unpaired) electrons. The van der Waals surface area contributed by atoms with E-state index in [9.17, 15) is 17.6 Å². The van der Waals surface area contributed by atoms with Crippen LogP contribution in [-0.2, 0) is 14.8 Å². The first kappa shape index (κ1) is 19.6. The number of esters is 1. The quantitative estimate of drug-likeness (QED) is 0.606. The van der Waals surface area contributed by atoms with Crippen molar-refractivity contribution in [3.05, 3.63) is 41.2 Å². The third-order valence-corrected chi connectivity index (χ3v) is 4.75. The maximum Gasteiger partial charge on any atom is 0.342 e. The molecule has 0 fully saturated rings. The van der Waals surface area contributed by atoms with Gasteiger partial charge in [-0.15, -0.1) is 12.4 Å². The zero-order valence-corrected chi connectivity index (χ0v) is 14.1. The van der Waals surface area contributed by atoms with E-state index in [0.717, 1.165) is 31.7 Å². The Morgan fingerprint density at radius 2 is 2.17 bits per heavy atom. The van der Waals surface area contributed by atoms with E-state index in [1.807, 2.05) is 6.08 Å². The minimum absolute atomic E-state index is 0. The number of halogens is 2. The predicted octanol–water partition coefficient (Wildman–Crippen LogP) is 1.23. The van der Waals surface area contributed by atoms with E-state index in [1.165, 1.54) is 12.1 Å². The van der Waals surface area contributed by atoms with E-state index >= 15 is 0 Å². The van der Waals surface area contributed by atoms with Gasteiger partial charge < -0.3 is 10.1 Å². The van der Waals surface area contributed by atoms with Crippen molar-refractivity contribution in [3.8, 4) is 0 Å². The number of methoxy groups -OCH3 is 1. The Hall–Kier alpha value is -1.48. The standard InChI is InChI=1S/C14H17FN2O4S.ClH/c1-21-14(18)13-11(15)3-2-4-12(13)22(19,20)17-9-10-5-7-16-8-6-10;/h2-5,16-17H,6-9H2,1H3;1H.